The summed E-state index contributed by atoms with van der Waals surface area (Å²) in [6.45, 7) is 2.69. The SMILES string of the molecule is C[C@@H](O)[C@H]1C(=O)N2C(OC(=O)O)=C3CCN(C=N)C[C@@H]3[C@H]12. The van der Waals surface area contributed by atoms with Gasteiger partial charge in [-0.1, -0.05) is 0 Å². The second-order valence-electron chi connectivity index (χ2n) is 5.64. The normalized spacial score (nSPS) is 32.3. The first-order chi connectivity index (χ1) is 9.95. The van der Waals surface area contributed by atoms with Crippen molar-refractivity contribution in [2.75, 3.05) is 13.1 Å². The first-order valence-corrected chi connectivity index (χ1v) is 6.85. The van der Waals surface area contributed by atoms with Gasteiger partial charge >= 0.3 is 6.16 Å². The number of likely N-dealkylation sites (tertiary alicyclic amines) is 1. The van der Waals surface area contributed by atoms with Gasteiger partial charge in [-0.2, -0.15) is 0 Å². The minimum Gasteiger partial charge on any atom is -0.449 e. The monoisotopic (exact) mass is 295 g/mol. The van der Waals surface area contributed by atoms with Crippen LogP contribution in [-0.4, -0.2) is 63.6 Å². The highest BCUT2D eigenvalue weighted by atomic mass is 16.7. The van der Waals surface area contributed by atoms with Gasteiger partial charge in [-0.25, -0.2) is 4.79 Å². The van der Waals surface area contributed by atoms with E-state index in [4.69, 9.17) is 15.3 Å². The maximum absolute atomic E-state index is 12.2. The number of amides is 1. The number of piperidine rings is 1. The lowest BCUT2D eigenvalue weighted by molar-refractivity contribution is -0.163. The van der Waals surface area contributed by atoms with Gasteiger partial charge in [-0.15, -0.1) is 0 Å². The third-order valence-corrected chi connectivity index (χ3v) is 4.53. The van der Waals surface area contributed by atoms with E-state index in [-0.39, 0.29) is 23.8 Å². The summed E-state index contributed by atoms with van der Waals surface area (Å²) in [7, 11) is 0. The topological polar surface area (TPSA) is 114 Å². The second-order valence-corrected chi connectivity index (χ2v) is 5.64. The van der Waals surface area contributed by atoms with E-state index in [0.717, 1.165) is 5.57 Å². The van der Waals surface area contributed by atoms with Gasteiger partial charge in [-0.05, 0) is 18.9 Å². The summed E-state index contributed by atoms with van der Waals surface area (Å²) in [5.74, 6) is -0.809. The molecule has 2 fully saturated rings. The van der Waals surface area contributed by atoms with Gasteiger partial charge in [0.2, 0.25) is 11.8 Å². The lowest BCUT2D eigenvalue weighted by Crippen LogP contribution is -2.64. The Morgan fingerprint density at radius 2 is 2.29 bits per heavy atom. The number of aliphatic hydroxyl groups is 1. The third kappa shape index (κ3) is 1.90. The predicted octanol–water partition coefficient (Wildman–Crippen LogP) is 0.0430. The Hall–Kier alpha value is -2.09. The number of carbonyl (C=O) groups is 2. The molecule has 8 nitrogen and oxygen atoms in total. The molecule has 0 unspecified atom stereocenters. The molecule has 1 amide bonds. The molecule has 2 saturated heterocycles. The predicted molar refractivity (Wildman–Crippen MR) is 70.4 cm³/mol. The molecule has 3 heterocycles. The number of ether oxygens (including phenoxy) is 1. The Labute approximate surface area is 121 Å². The van der Waals surface area contributed by atoms with Crippen LogP contribution in [0.25, 0.3) is 0 Å². The van der Waals surface area contributed by atoms with E-state index >= 15 is 0 Å². The molecule has 0 spiro atoms. The number of nitrogens with one attached hydrogen (secondary N) is 1. The third-order valence-electron chi connectivity index (χ3n) is 4.53. The van der Waals surface area contributed by atoms with Gasteiger partial charge in [0.1, 0.15) is 0 Å². The summed E-state index contributed by atoms with van der Waals surface area (Å²) in [6.07, 6.45) is -0.441. The zero-order valence-corrected chi connectivity index (χ0v) is 11.5. The Kier molecular flexibility index (Phi) is 3.12. The molecule has 0 bridgehead atoms. The molecular weight excluding hydrogens is 278 g/mol. The van der Waals surface area contributed by atoms with Crippen LogP contribution in [0.5, 0.6) is 0 Å². The largest absolute Gasteiger partial charge is 0.512 e. The molecule has 114 valence electrons. The van der Waals surface area contributed by atoms with E-state index in [1.165, 1.54) is 11.2 Å². The van der Waals surface area contributed by atoms with Crippen LogP contribution in [0.2, 0.25) is 0 Å². The molecular formula is C13H17N3O5. The van der Waals surface area contributed by atoms with Gasteiger partial charge in [0.25, 0.3) is 0 Å². The second kappa shape index (κ2) is 4.73. The maximum atomic E-state index is 12.2. The highest BCUT2D eigenvalue weighted by Gasteiger charge is 2.61. The van der Waals surface area contributed by atoms with Gasteiger partial charge in [-0.3, -0.25) is 15.1 Å². The molecule has 8 heteroatoms. The Balaban J connectivity index is 1.94. The Bertz CT molecular complexity index is 544. The highest BCUT2D eigenvalue weighted by Crippen LogP contribution is 2.49. The van der Waals surface area contributed by atoms with E-state index in [2.05, 4.69) is 0 Å². The number of carbonyl (C=O) groups excluding carboxylic acids is 1. The molecule has 3 rings (SSSR count). The summed E-state index contributed by atoms with van der Waals surface area (Å²) in [4.78, 5) is 26.2. The number of hydrogen-bond acceptors (Lipinski definition) is 5. The molecule has 0 aromatic heterocycles. The number of rotatable bonds is 3. The number of nitrogens with zero attached hydrogens (tertiary/aromatic N) is 2. The van der Waals surface area contributed by atoms with Crippen LogP contribution in [0.3, 0.4) is 0 Å². The minimum atomic E-state index is -1.44. The van der Waals surface area contributed by atoms with Crippen LogP contribution >= 0.6 is 0 Å². The fourth-order valence-corrected chi connectivity index (χ4v) is 3.64. The summed E-state index contributed by atoms with van der Waals surface area (Å²) in [6, 6.07) is -0.274. The summed E-state index contributed by atoms with van der Waals surface area (Å²) in [5, 5.41) is 26.0. The van der Waals surface area contributed by atoms with Crippen molar-refractivity contribution in [1.29, 1.82) is 5.41 Å². The molecule has 3 aliphatic heterocycles. The van der Waals surface area contributed by atoms with Crippen LogP contribution in [0.4, 0.5) is 4.79 Å². The average molecular weight is 295 g/mol. The Morgan fingerprint density at radius 3 is 2.86 bits per heavy atom. The van der Waals surface area contributed by atoms with Gasteiger partial charge in [0.05, 0.1) is 24.4 Å². The highest BCUT2D eigenvalue weighted by molar-refractivity contribution is 5.90. The van der Waals surface area contributed by atoms with Crippen LogP contribution < -0.4 is 0 Å². The van der Waals surface area contributed by atoms with Gasteiger partial charge in [0, 0.05) is 19.0 Å². The maximum Gasteiger partial charge on any atom is 0.512 e. The summed E-state index contributed by atoms with van der Waals surface area (Å²) >= 11 is 0. The zero-order valence-electron chi connectivity index (χ0n) is 11.5. The number of β-lactam (4-membered cyclic amide) rings is 1. The standard InChI is InChI=1S/C13H17N3O5/c1-6(17)9-10-8-4-15(5-14)3-2-7(8)12(21-13(19)20)16(10)11(9)18/h5-6,8-10,14,17H,2-4H2,1H3,(H,19,20)/t6-,8+,9-,10-/m1/s1. The minimum absolute atomic E-state index is 0.0907. The van der Waals surface area contributed by atoms with Crippen molar-refractivity contribution < 1.29 is 24.5 Å². The van der Waals surface area contributed by atoms with Crippen LogP contribution in [0.15, 0.2) is 11.5 Å². The van der Waals surface area contributed by atoms with Crippen molar-refractivity contribution in [3.63, 3.8) is 0 Å². The van der Waals surface area contributed by atoms with E-state index in [9.17, 15) is 14.7 Å². The van der Waals surface area contributed by atoms with E-state index in [1.54, 1.807) is 6.92 Å². The van der Waals surface area contributed by atoms with Crippen molar-refractivity contribution in [3.05, 3.63) is 11.5 Å². The van der Waals surface area contributed by atoms with Crippen molar-refractivity contribution >= 4 is 18.4 Å². The van der Waals surface area contributed by atoms with Gasteiger partial charge in [0.15, 0.2) is 0 Å². The molecule has 3 N–H and O–H groups in total. The quantitative estimate of drug-likeness (QED) is 0.293. The van der Waals surface area contributed by atoms with E-state index in [0.29, 0.717) is 19.5 Å². The van der Waals surface area contributed by atoms with Crippen molar-refractivity contribution in [2.45, 2.75) is 25.5 Å². The molecule has 0 aromatic carbocycles. The molecule has 3 aliphatic rings. The molecule has 0 radical (unpaired) electrons. The fourth-order valence-electron chi connectivity index (χ4n) is 3.64. The van der Waals surface area contributed by atoms with Crippen LogP contribution in [0.1, 0.15) is 13.3 Å². The summed E-state index contributed by atoms with van der Waals surface area (Å²) < 4.78 is 4.83. The Morgan fingerprint density at radius 1 is 1.57 bits per heavy atom. The van der Waals surface area contributed by atoms with E-state index in [1.807, 2.05) is 4.90 Å². The number of carboxylic acid groups (broad SMARTS) is 1. The lowest BCUT2D eigenvalue weighted by atomic mass is 9.75. The molecule has 4 atom stereocenters. The van der Waals surface area contributed by atoms with Crippen molar-refractivity contribution in [3.8, 4) is 0 Å². The summed E-state index contributed by atoms with van der Waals surface area (Å²) in [5.41, 5.74) is 0.803. The molecule has 0 aliphatic carbocycles. The fraction of sp³-hybridized carbons (Fsp3) is 0.615. The zero-order chi connectivity index (χ0) is 15.3. The molecule has 0 saturated carbocycles. The van der Waals surface area contributed by atoms with Crippen LogP contribution in [0, 0.1) is 17.2 Å². The first kappa shape index (κ1) is 13.9. The lowest BCUT2D eigenvalue weighted by Gasteiger charge is -2.47. The average Bonchev–Trinajstić information content (AvgIpc) is 2.67. The van der Waals surface area contributed by atoms with Crippen LogP contribution in [-0.2, 0) is 9.53 Å². The number of fused-ring (bicyclic) bond motifs is 3. The van der Waals surface area contributed by atoms with Crippen molar-refractivity contribution in [1.82, 2.24) is 9.80 Å². The molecule has 21 heavy (non-hydrogen) atoms. The first-order valence-electron chi connectivity index (χ1n) is 6.85. The van der Waals surface area contributed by atoms with E-state index < -0.39 is 18.2 Å². The van der Waals surface area contributed by atoms with Gasteiger partial charge < -0.3 is 19.8 Å². The number of aliphatic hydroxyl groups excluding tert-OH is 1. The molecule has 0 aromatic rings. The smallest absolute Gasteiger partial charge is 0.449 e. The van der Waals surface area contributed by atoms with Crippen molar-refractivity contribution in [2.24, 2.45) is 11.8 Å². The number of hydrogen-bond donors (Lipinski definition) is 3.